The Bertz CT molecular complexity index is 857. The highest BCUT2D eigenvalue weighted by molar-refractivity contribution is 5.94. The number of hydrogen-bond acceptors (Lipinski definition) is 5. The van der Waals surface area contributed by atoms with Gasteiger partial charge in [-0.1, -0.05) is 18.2 Å². The predicted octanol–water partition coefficient (Wildman–Crippen LogP) is 2.59. The number of rotatable bonds is 6. The zero-order valence-electron chi connectivity index (χ0n) is 13.5. The highest BCUT2D eigenvalue weighted by Crippen LogP contribution is 2.30. The van der Waals surface area contributed by atoms with Gasteiger partial charge in [-0.05, 0) is 59.7 Å². The van der Waals surface area contributed by atoms with Crippen molar-refractivity contribution in [2.45, 2.75) is 19.4 Å². The van der Waals surface area contributed by atoms with Gasteiger partial charge in [-0.15, -0.1) is 5.10 Å². The van der Waals surface area contributed by atoms with Gasteiger partial charge >= 0.3 is 0 Å². The molecule has 1 saturated carbocycles. The number of nitrogens with zero attached hydrogens (tertiary/aromatic N) is 4. The van der Waals surface area contributed by atoms with Crippen molar-refractivity contribution in [3.8, 4) is 11.4 Å². The summed E-state index contributed by atoms with van der Waals surface area (Å²) in [6, 6.07) is 16.9. The van der Waals surface area contributed by atoms with Gasteiger partial charge in [-0.3, -0.25) is 4.79 Å². The lowest BCUT2D eigenvalue weighted by Gasteiger charge is -2.08. The van der Waals surface area contributed by atoms with Crippen molar-refractivity contribution in [1.82, 2.24) is 20.2 Å². The number of nitrogens with one attached hydrogen (secondary N) is 1. The van der Waals surface area contributed by atoms with Crippen LogP contribution < -0.4 is 10.1 Å². The van der Waals surface area contributed by atoms with Crippen molar-refractivity contribution < 1.29 is 9.53 Å². The molecule has 1 heterocycles. The molecule has 0 saturated heterocycles. The lowest BCUT2D eigenvalue weighted by Crippen LogP contribution is -2.13. The van der Waals surface area contributed by atoms with Crippen molar-refractivity contribution >= 4 is 11.6 Å². The molecular formula is C18H17N5O2. The number of hydrogen-bond donors (Lipinski definition) is 1. The van der Waals surface area contributed by atoms with Crippen molar-refractivity contribution in [1.29, 1.82) is 0 Å². The molecule has 0 spiro atoms. The molecule has 126 valence electrons. The highest BCUT2D eigenvalue weighted by atomic mass is 16.5. The standard InChI is InChI=1S/C18H17N5O2/c24-18(13-6-7-13)19-14-8-10-16(11-9-14)25-12-17-20-21-22-23(17)15-4-2-1-3-5-15/h1-5,8-11,13H,6-7,12H2,(H,19,24). The molecule has 0 aliphatic heterocycles. The fraction of sp³-hybridized carbons (Fsp3) is 0.222. The zero-order chi connectivity index (χ0) is 17.1. The molecule has 0 bridgehead atoms. The molecular weight excluding hydrogens is 318 g/mol. The van der Waals surface area contributed by atoms with Crippen LogP contribution in [0.5, 0.6) is 5.75 Å². The molecule has 1 fully saturated rings. The van der Waals surface area contributed by atoms with Gasteiger partial charge in [0.1, 0.15) is 12.4 Å². The molecule has 1 aliphatic rings. The van der Waals surface area contributed by atoms with Crippen LogP contribution in [0, 0.1) is 5.92 Å². The summed E-state index contributed by atoms with van der Waals surface area (Å²) < 4.78 is 7.40. The second-order valence-electron chi connectivity index (χ2n) is 5.92. The molecule has 3 aromatic rings. The first-order chi connectivity index (χ1) is 12.3. The molecule has 25 heavy (non-hydrogen) atoms. The van der Waals surface area contributed by atoms with Gasteiger partial charge in [0.25, 0.3) is 0 Å². The van der Waals surface area contributed by atoms with E-state index in [0.717, 1.165) is 24.2 Å². The molecule has 1 N–H and O–H groups in total. The van der Waals surface area contributed by atoms with E-state index < -0.39 is 0 Å². The van der Waals surface area contributed by atoms with E-state index in [1.54, 1.807) is 4.68 Å². The van der Waals surface area contributed by atoms with E-state index in [2.05, 4.69) is 20.8 Å². The van der Waals surface area contributed by atoms with Crippen LogP contribution in [0.15, 0.2) is 54.6 Å². The highest BCUT2D eigenvalue weighted by Gasteiger charge is 2.29. The van der Waals surface area contributed by atoms with Crippen molar-refractivity contribution in [3.05, 3.63) is 60.4 Å². The van der Waals surface area contributed by atoms with Crippen molar-refractivity contribution in [3.63, 3.8) is 0 Å². The topological polar surface area (TPSA) is 81.9 Å². The number of anilines is 1. The van der Waals surface area contributed by atoms with Gasteiger partial charge in [0, 0.05) is 11.6 Å². The van der Waals surface area contributed by atoms with Gasteiger partial charge in [0.2, 0.25) is 5.91 Å². The maximum Gasteiger partial charge on any atom is 0.227 e. The van der Waals surface area contributed by atoms with Crippen LogP contribution in [0.2, 0.25) is 0 Å². The largest absolute Gasteiger partial charge is 0.486 e. The smallest absolute Gasteiger partial charge is 0.227 e. The number of tetrazole rings is 1. The summed E-state index contributed by atoms with van der Waals surface area (Å²) in [5, 5.41) is 14.6. The maximum absolute atomic E-state index is 11.7. The first-order valence-electron chi connectivity index (χ1n) is 8.16. The second-order valence-corrected chi connectivity index (χ2v) is 5.92. The third-order valence-electron chi connectivity index (χ3n) is 3.97. The molecule has 1 aliphatic carbocycles. The van der Waals surface area contributed by atoms with Gasteiger partial charge in [0.05, 0.1) is 5.69 Å². The SMILES string of the molecule is O=C(Nc1ccc(OCc2nnnn2-c2ccccc2)cc1)C1CC1. The van der Waals surface area contributed by atoms with E-state index in [9.17, 15) is 4.79 Å². The van der Waals surface area contributed by atoms with Gasteiger partial charge in [-0.2, -0.15) is 4.68 Å². The quantitative estimate of drug-likeness (QED) is 0.749. The molecule has 4 rings (SSSR count). The third-order valence-corrected chi connectivity index (χ3v) is 3.97. The number of ether oxygens (including phenoxy) is 1. The molecule has 1 amide bonds. The van der Waals surface area contributed by atoms with Crippen LogP contribution in [0.4, 0.5) is 5.69 Å². The molecule has 0 radical (unpaired) electrons. The summed E-state index contributed by atoms with van der Waals surface area (Å²) in [5.74, 6) is 1.58. The van der Waals surface area contributed by atoms with E-state index in [1.807, 2.05) is 54.6 Å². The van der Waals surface area contributed by atoms with Gasteiger partial charge in [0.15, 0.2) is 5.82 Å². The van der Waals surface area contributed by atoms with E-state index in [4.69, 9.17) is 4.74 Å². The Hall–Kier alpha value is -3.22. The first kappa shape index (κ1) is 15.3. The zero-order valence-corrected chi connectivity index (χ0v) is 13.5. The lowest BCUT2D eigenvalue weighted by atomic mass is 10.3. The Kier molecular flexibility index (Phi) is 4.12. The first-order valence-corrected chi connectivity index (χ1v) is 8.16. The number of benzene rings is 2. The fourth-order valence-electron chi connectivity index (χ4n) is 2.44. The maximum atomic E-state index is 11.7. The Morgan fingerprint density at radius 1 is 1.12 bits per heavy atom. The Morgan fingerprint density at radius 2 is 1.88 bits per heavy atom. The van der Waals surface area contributed by atoms with Gasteiger partial charge < -0.3 is 10.1 Å². The van der Waals surface area contributed by atoms with Crippen LogP contribution >= 0.6 is 0 Å². The Labute approximate surface area is 144 Å². The minimum Gasteiger partial charge on any atom is -0.486 e. The number of para-hydroxylation sites is 1. The van der Waals surface area contributed by atoms with E-state index in [0.29, 0.717) is 11.6 Å². The summed E-state index contributed by atoms with van der Waals surface area (Å²) in [5.41, 5.74) is 1.66. The van der Waals surface area contributed by atoms with Crippen LogP contribution in [0.3, 0.4) is 0 Å². The van der Waals surface area contributed by atoms with Crippen molar-refractivity contribution in [2.24, 2.45) is 5.92 Å². The monoisotopic (exact) mass is 335 g/mol. The Morgan fingerprint density at radius 3 is 2.60 bits per heavy atom. The molecule has 7 nitrogen and oxygen atoms in total. The number of carbonyl (C=O) groups excluding carboxylic acids is 1. The molecule has 2 aromatic carbocycles. The summed E-state index contributed by atoms with van der Waals surface area (Å²) in [4.78, 5) is 11.7. The minimum atomic E-state index is 0.0932. The molecule has 0 atom stereocenters. The lowest BCUT2D eigenvalue weighted by molar-refractivity contribution is -0.117. The normalized spacial score (nSPS) is 13.4. The second kappa shape index (κ2) is 6.72. The molecule has 7 heteroatoms. The van der Waals surface area contributed by atoms with Crippen molar-refractivity contribution in [2.75, 3.05) is 5.32 Å². The summed E-state index contributed by atoms with van der Waals surface area (Å²) >= 11 is 0. The van der Waals surface area contributed by atoms with E-state index in [-0.39, 0.29) is 18.4 Å². The third kappa shape index (κ3) is 3.65. The number of carbonyl (C=O) groups is 1. The van der Waals surface area contributed by atoms with Crippen LogP contribution in [0.1, 0.15) is 18.7 Å². The number of amides is 1. The fourth-order valence-corrected chi connectivity index (χ4v) is 2.44. The van der Waals surface area contributed by atoms with Crippen LogP contribution in [-0.2, 0) is 11.4 Å². The average Bonchev–Trinajstić information content (AvgIpc) is 3.40. The predicted molar refractivity (Wildman–Crippen MR) is 91.3 cm³/mol. The summed E-state index contributed by atoms with van der Waals surface area (Å²) in [7, 11) is 0. The van der Waals surface area contributed by atoms with E-state index in [1.165, 1.54) is 0 Å². The number of aromatic nitrogens is 4. The summed E-state index contributed by atoms with van der Waals surface area (Å²) in [6.07, 6.45) is 1.98. The Balaban J connectivity index is 1.39. The summed E-state index contributed by atoms with van der Waals surface area (Å²) in [6.45, 7) is 0.246. The van der Waals surface area contributed by atoms with Crippen LogP contribution in [-0.4, -0.2) is 26.1 Å². The van der Waals surface area contributed by atoms with Gasteiger partial charge in [-0.25, -0.2) is 0 Å². The van der Waals surface area contributed by atoms with Crippen LogP contribution in [0.25, 0.3) is 5.69 Å². The van der Waals surface area contributed by atoms with E-state index >= 15 is 0 Å². The molecule has 0 unspecified atom stereocenters. The average molecular weight is 335 g/mol. The minimum absolute atomic E-state index is 0.0932. The molecule has 1 aromatic heterocycles.